The van der Waals surface area contributed by atoms with E-state index in [2.05, 4.69) is 40.1 Å². The van der Waals surface area contributed by atoms with Gasteiger partial charge in [-0.2, -0.15) is 0 Å². The molecule has 3 aliphatic carbocycles. The number of rotatable bonds is 4. The maximum absolute atomic E-state index is 13.1. The van der Waals surface area contributed by atoms with Gasteiger partial charge in [0.1, 0.15) is 0 Å². The van der Waals surface area contributed by atoms with E-state index in [0.717, 1.165) is 22.1 Å². The van der Waals surface area contributed by atoms with Crippen molar-refractivity contribution in [1.82, 2.24) is 0 Å². The minimum Gasteiger partial charge on any atom is -0.463 e. The molecule has 2 saturated carbocycles. The monoisotopic (exact) mass is 451 g/mol. The number of ether oxygens (including phenoxy) is 1. The Balaban J connectivity index is 1.59. The van der Waals surface area contributed by atoms with E-state index in [9.17, 15) is 9.59 Å². The second-order valence-corrected chi connectivity index (χ2v) is 8.95. The number of halogens is 1. The number of benzene rings is 1. The van der Waals surface area contributed by atoms with Crippen LogP contribution in [0.2, 0.25) is 0 Å². The van der Waals surface area contributed by atoms with Gasteiger partial charge in [-0.15, -0.1) is 0 Å². The van der Waals surface area contributed by atoms with Gasteiger partial charge in [0, 0.05) is 9.26 Å². The molecule has 4 nitrogen and oxygen atoms in total. The van der Waals surface area contributed by atoms with Crippen molar-refractivity contribution in [1.29, 1.82) is 0 Å². The molecule has 1 aromatic rings. The summed E-state index contributed by atoms with van der Waals surface area (Å²) in [6.45, 7) is 3.71. The topological polar surface area (TPSA) is 55.4 Å². The molecule has 25 heavy (non-hydrogen) atoms. The van der Waals surface area contributed by atoms with Crippen LogP contribution in [0.3, 0.4) is 0 Å². The van der Waals surface area contributed by atoms with E-state index in [0.29, 0.717) is 0 Å². The Kier molecular flexibility index (Phi) is 4.17. The van der Waals surface area contributed by atoms with Gasteiger partial charge in [0.05, 0.1) is 17.9 Å². The third-order valence-electron chi connectivity index (χ3n) is 5.88. The van der Waals surface area contributed by atoms with Crippen molar-refractivity contribution in [2.45, 2.75) is 32.8 Å². The first-order chi connectivity index (χ1) is 11.9. The van der Waals surface area contributed by atoms with Crippen LogP contribution in [0.4, 0.5) is 5.69 Å². The lowest BCUT2D eigenvalue weighted by atomic mass is 9.82. The molecule has 1 amide bonds. The molecule has 0 aliphatic heterocycles. The second-order valence-electron chi connectivity index (χ2n) is 7.70. The smallest absolute Gasteiger partial charge is 0.310 e. The lowest BCUT2D eigenvalue weighted by Crippen LogP contribution is -2.38. The van der Waals surface area contributed by atoms with E-state index < -0.39 is 0 Å². The van der Waals surface area contributed by atoms with E-state index in [1.165, 1.54) is 0 Å². The number of esters is 1. The summed E-state index contributed by atoms with van der Waals surface area (Å²) in [5.74, 6) is -0.662. The molecule has 2 bridgehead atoms. The van der Waals surface area contributed by atoms with Crippen LogP contribution >= 0.6 is 22.6 Å². The molecule has 4 rings (SSSR count). The van der Waals surface area contributed by atoms with Gasteiger partial charge in [-0.1, -0.05) is 12.2 Å². The first-order valence-electron chi connectivity index (χ1n) is 8.87. The standard InChI is InChI=1S/C20H22INO3/c1-11(2)25-19(24)17-15-8-7-14(20(15)9-10-20)16(17)18(23)22-13-5-3-12(21)4-6-13/h3-8,11,14-17H,9-10H2,1-2H3,(H,22,23)/t14-,15+,16+,17-/m0/s1. The van der Waals surface area contributed by atoms with Gasteiger partial charge in [0.15, 0.2) is 0 Å². The van der Waals surface area contributed by atoms with Crippen molar-refractivity contribution in [2.75, 3.05) is 5.32 Å². The van der Waals surface area contributed by atoms with Gasteiger partial charge in [0.2, 0.25) is 5.91 Å². The van der Waals surface area contributed by atoms with Gasteiger partial charge < -0.3 is 10.1 Å². The summed E-state index contributed by atoms with van der Waals surface area (Å²) in [6, 6.07) is 7.72. The van der Waals surface area contributed by atoms with Crippen molar-refractivity contribution in [3.63, 3.8) is 0 Å². The molecule has 1 N–H and O–H groups in total. The van der Waals surface area contributed by atoms with E-state index in [1.807, 2.05) is 38.1 Å². The molecule has 0 radical (unpaired) electrons. The first kappa shape index (κ1) is 17.1. The second kappa shape index (κ2) is 6.11. The third kappa shape index (κ3) is 2.80. The molecule has 132 valence electrons. The fourth-order valence-corrected chi connectivity index (χ4v) is 5.11. The van der Waals surface area contributed by atoms with Gasteiger partial charge in [-0.05, 0) is 90.8 Å². The van der Waals surface area contributed by atoms with Gasteiger partial charge in [0.25, 0.3) is 0 Å². The predicted molar refractivity (Wildman–Crippen MR) is 104 cm³/mol. The number of allylic oxidation sites excluding steroid dienone is 2. The minimum atomic E-state index is -0.358. The molecule has 0 unspecified atom stereocenters. The van der Waals surface area contributed by atoms with Crippen LogP contribution in [-0.2, 0) is 14.3 Å². The predicted octanol–water partition coefficient (Wildman–Crippen LogP) is 4.01. The highest BCUT2D eigenvalue weighted by atomic mass is 127. The van der Waals surface area contributed by atoms with Gasteiger partial charge >= 0.3 is 5.97 Å². The van der Waals surface area contributed by atoms with Crippen LogP contribution in [-0.4, -0.2) is 18.0 Å². The van der Waals surface area contributed by atoms with Crippen LogP contribution in [0.5, 0.6) is 0 Å². The fraction of sp³-hybridized carbons (Fsp3) is 0.500. The third-order valence-corrected chi connectivity index (χ3v) is 6.60. The average molecular weight is 451 g/mol. The molecule has 4 atom stereocenters. The highest BCUT2D eigenvalue weighted by Gasteiger charge is 2.70. The summed E-state index contributed by atoms with van der Waals surface area (Å²) in [5, 5.41) is 3.02. The Bertz CT molecular complexity index is 736. The summed E-state index contributed by atoms with van der Waals surface area (Å²) in [7, 11) is 0. The molecule has 0 aromatic heterocycles. The summed E-state index contributed by atoms with van der Waals surface area (Å²) in [5.41, 5.74) is 0.910. The summed E-state index contributed by atoms with van der Waals surface area (Å²) < 4.78 is 6.62. The van der Waals surface area contributed by atoms with E-state index in [-0.39, 0.29) is 47.1 Å². The first-order valence-corrected chi connectivity index (χ1v) is 9.95. The van der Waals surface area contributed by atoms with Crippen molar-refractivity contribution >= 4 is 40.2 Å². The zero-order chi connectivity index (χ0) is 17.8. The van der Waals surface area contributed by atoms with Crippen LogP contribution in [0.1, 0.15) is 26.7 Å². The molecule has 5 heteroatoms. The van der Waals surface area contributed by atoms with Crippen LogP contribution in [0, 0.1) is 32.7 Å². The zero-order valence-corrected chi connectivity index (χ0v) is 16.5. The Labute approximate surface area is 161 Å². The van der Waals surface area contributed by atoms with Crippen molar-refractivity contribution in [2.24, 2.45) is 29.1 Å². The summed E-state index contributed by atoms with van der Waals surface area (Å²) in [6.07, 6.45) is 6.36. The minimum absolute atomic E-state index is 0.0601. The number of anilines is 1. The summed E-state index contributed by atoms with van der Waals surface area (Å²) in [4.78, 5) is 25.8. The quantitative estimate of drug-likeness (QED) is 0.428. The fourth-order valence-electron chi connectivity index (χ4n) is 4.75. The van der Waals surface area contributed by atoms with Gasteiger partial charge in [-0.25, -0.2) is 0 Å². The number of carbonyl (C=O) groups excluding carboxylic acids is 2. The Morgan fingerprint density at radius 3 is 2.28 bits per heavy atom. The number of nitrogens with one attached hydrogen (secondary N) is 1. The van der Waals surface area contributed by atoms with Crippen molar-refractivity contribution in [3.8, 4) is 0 Å². The molecule has 1 spiro atoms. The normalized spacial score (nSPS) is 30.7. The SMILES string of the molecule is CC(C)OC(=O)[C@@H]1[C@H](C(=O)Nc2ccc(I)cc2)[C@@H]2C=C[C@H]1C21CC1. The lowest BCUT2D eigenvalue weighted by molar-refractivity contribution is -0.156. The Morgan fingerprint density at radius 1 is 1.12 bits per heavy atom. The van der Waals surface area contributed by atoms with Crippen LogP contribution < -0.4 is 5.32 Å². The lowest BCUT2D eigenvalue weighted by Gasteiger charge is -2.26. The van der Waals surface area contributed by atoms with Crippen molar-refractivity contribution < 1.29 is 14.3 Å². The molecule has 1 aromatic carbocycles. The summed E-state index contributed by atoms with van der Waals surface area (Å²) >= 11 is 2.24. The average Bonchev–Trinajstić information content (AvgIpc) is 3.22. The number of amides is 1. The van der Waals surface area contributed by atoms with E-state index in [4.69, 9.17) is 4.74 Å². The molecule has 0 heterocycles. The maximum Gasteiger partial charge on any atom is 0.310 e. The molecular weight excluding hydrogens is 429 g/mol. The molecule has 2 fully saturated rings. The van der Waals surface area contributed by atoms with Gasteiger partial charge in [-0.3, -0.25) is 9.59 Å². The number of carbonyl (C=O) groups is 2. The van der Waals surface area contributed by atoms with Crippen LogP contribution in [0.15, 0.2) is 36.4 Å². The molecular formula is C20H22INO3. The number of hydrogen-bond acceptors (Lipinski definition) is 3. The van der Waals surface area contributed by atoms with E-state index in [1.54, 1.807) is 0 Å². The Hall–Kier alpha value is -1.37. The maximum atomic E-state index is 13.1. The molecule has 3 aliphatic rings. The van der Waals surface area contributed by atoms with E-state index >= 15 is 0 Å². The largest absolute Gasteiger partial charge is 0.463 e. The van der Waals surface area contributed by atoms with Crippen LogP contribution in [0.25, 0.3) is 0 Å². The highest BCUT2D eigenvalue weighted by Crippen LogP contribution is 2.72. The number of hydrogen-bond donors (Lipinski definition) is 1. The zero-order valence-electron chi connectivity index (χ0n) is 14.4. The molecule has 0 saturated heterocycles. The van der Waals surface area contributed by atoms with Crippen molar-refractivity contribution in [3.05, 3.63) is 40.0 Å². The highest BCUT2D eigenvalue weighted by molar-refractivity contribution is 14.1. The Morgan fingerprint density at radius 2 is 1.72 bits per heavy atom.